The minimum atomic E-state index is 0.569. The average Bonchev–Trinajstić information content (AvgIpc) is 2.56. The number of ether oxygens (including phenoxy) is 1. The van der Waals surface area contributed by atoms with Crippen LogP contribution in [0.25, 0.3) is 0 Å². The SMILES string of the molecule is CCCC(CBr)C[C@H]1CCCO1. The summed E-state index contributed by atoms with van der Waals surface area (Å²) >= 11 is 3.57. The molecule has 0 aromatic heterocycles. The third kappa shape index (κ3) is 3.44. The van der Waals surface area contributed by atoms with Gasteiger partial charge in [0.1, 0.15) is 0 Å². The predicted molar refractivity (Wildman–Crippen MR) is 55.8 cm³/mol. The molecule has 1 fully saturated rings. The van der Waals surface area contributed by atoms with Crippen molar-refractivity contribution in [2.45, 2.75) is 45.1 Å². The molecule has 0 N–H and O–H groups in total. The zero-order chi connectivity index (χ0) is 8.81. The summed E-state index contributed by atoms with van der Waals surface area (Å²) in [5.74, 6) is 0.832. The Morgan fingerprint density at radius 1 is 1.58 bits per heavy atom. The first-order valence-electron chi connectivity index (χ1n) is 5.04. The van der Waals surface area contributed by atoms with Gasteiger partial charge in [-0.05, 0) is 31.6 Å². The Morgan fingerprint density at radius 2 is 2.42 bits per heavy atom. The van der Waals surface area contributed by atoms with Crippen molar-refractivity contribution in [1.29, 1.82) is 0 Å². The molecule has 0 spiro atoms. The Bertz CT molecular complexity index is 110. The molecule has 12 heavy (non-hydrogen) atoms. The van der Waals surface area contributed by atoms with Crippen LogP contribution < -0.4 is 0 Å². The van der Waals surface area contributed by atoms with Crippen molar-refractivity contribution in [2.24, 2.45) is 5.92 Å². The fourth-order valence-corrected chi connectivity index (χ4v) is 2.46. The Hall–Kier alpha value is 0.440. The number of halogens is 1. The maximum absolute atomic E-state index is 5.61. The number of hydrogen-bond donors (Lipinski definition) is 0. The van der Waals surface area contributed by atoms with E-state index in [1.54, 1.807) is 0 Å². The van der Waals surface area contributed by atoms with Crippen LogP contribution in [0.3, 0.4) is 0 Å². The third-order valence-electron chi connectivity index (χ3n) is 2.54. The van der Waals surface area contributed by atoms with Crippen molar-refractivity contribution >= 4 is 15.9 Å². The summed E-state index contributed by atoms with van der Waals surface area (Å²) in [6.07, 6.45) is 7.02. The van der Waals surface area contributed by atoms with Crippen LogP contribution in [0.15, 0.2) is 0 Å². The smallest absolute Gasteiger partial charge is 0.0578 e. The molecule has 2 atom stereocenters. The van der Waals surface area contributed by atoms with Gasteiger partial charge in [0.05, 0.1) is 6.10 Å². The predicted octanol–water partition coefficient (Wildman–Crippen LogP) is 3.37. The fraction of sp³-hybridized carbons (Fsp3) is 1.00. The lowest BCUT2D eigenvalue weighted by Crippen LogP contribution is -2.13. The molecule has 0 bridgehead atoms. The molecule has 2 heteroatoms. The Balaban J connectivity index is 2.16. The monoisotopic (exact) mass is 234 g/mol. The summed E-state index contributed by atoms with van der Waals surface area (Å²) in [5, 5.41) is 1.14. The van der Waals surface area contributed by atoms with Gasteiger partial charge in [0.2, 0.25) is 0 Å². The maximum Gasteiger partial charge on any atom is 0.0578 e. The minimum Gasteiger partial charge on any atom is -0.378 e. The van der Waals surface area contributed by atoms with Gasteiger partial charge in [0, 0.05) is 11.9 Å². The Labute approximate surface area is 84.0 Å². The molecule has 0 aromatic carbocycles. The van der Waals surface area contributed by atoms with E-state index in [1.807, 2.05) is 0 Å². The van der Waals surface area contributed by atoms with Crippen molar-refractivity contribution in [2.75, 3.05) is 11.9 Å². The van der Waals surface area contributed by atoms with Gasteiger partial charge in [0.15, 0.2) is 0 Å². The molecular weight excluding hydrogens is 216 g/mol. The molecule has 1 aliphatic rings. The van der Waals surface area contributed by atoms with Crippen LogP contribution in [0.1, 0.15) is 39.0 Å². The standard InChI is InChI=1S/C10H19BrO/c1-2-4-9(8-11)7-10-5-3-6-12-10/h9-10H,2-8H2,1H3/t9?,10-/m1/s1. The first kappa shape index (κ1) is 10.5. The van der Waals surface area contributed by atoms with Gasteiger partial charge in [-0.1, -0.05) is 29.3 Å². The Kier molecular flexibility index (Phi) is 5.24. The second-order valence-corrected chi connectivity index (χ2v) is 4.33. The van der Waals surface area contributed by atoms with Crippen molar-refractivity contribution < 1.29 is 4.74 Å². The second kappa shape index (κ2) is 5.98. The lowest BCUT2D eigenvalue weighted by atomic mass is 9.97. The van der Waals surface area contributed by atoms with Gasteiger partial charge in [-0.25, -0.2) is 0 Å². The minimum absolute atomic E-state index is 0.569. The quantitative estimate of drug-likeness (QED) is 0.664. The molecule has 0 amide bonds. The fourth-order valence-electron chi connectivity index (χ4n) is 1.87. The lowest BCUT2D eigenvalue weighted by Gasteiger charge is -2.16. The molecule has 0 radical (unpaired) electrons. The van der Waals surface area contributed by atoms with Crippen LogP contribution in [-0.4, -0.2) is 18.0 Å². The summed E-state index contributed by atoms with van der Waals surface area (Å²) in [7, 11) is 0. The molecule has 0 aliphatic carbocycles. The van der Waals surface area contributed by atoms with E-state index in [4.69, 9.17) is 4.74 Å². The van der Waals surface area contributed by atoms with Crippen molar-refractivity contribution in [1.82, 2.24) is 0 Å². The van der Waals surface area contributed by atoms with E-state index >= 15 is 0 Å². The molecule has 1 saturated heterocycles. The average molecular weight is 235 g/mol. The van der Waals surface area contributed by atoms with E-state index in [1.165, 1.54) is 32.1 Å². The number of alkyl halides is 1. The summed E-state index contributed by atoms with van der Waals surface area (Å²) in [4.78, 5) is 0. The summed E-state index contributed by atoms with van der Waals surface area (Å²) in [5.41, 5.74) is 0. The summed E-state index contributed by atoms with van der Waals surface area (Å²) < 4.78 is 5.61. The van der Waals surface area contributed by atoms with Gasteiger partial charge in [-0.3, -0.25) is 0 Å². The molecule has 0 saturated carbocycles. The van der Waals surface area contributed by atoms with Crippen LogP contribution in [-0.2, 0) is 4.74 Å². The molecule has 1 rings (SSSR count). The van der Waals surface area contributed by atoms with E-state index in [0.29, 0.717) is 6.10 Å². The molecule has 1 aliphatic heterocycles. The normalized spacial score (nSPS) is 26.0. The van der Waals surface area contributed by atoms with Crippen molar-refractivity contribution in [3.05, 3.63) is 0 Å². The van der Waals surface area contributed by atoms with E-state index < -0.39 is 0 Å². The highest BCUT2D eigenvalue weighted by Gasteiger charge is 2.19. The van der Waals surface area contributed by atoms with Crippen LogP contribution in [0, 0.1) is 5.92 Å². The topological polar surface area (TPSA) is 9.23 Å². The van der Waals surface area contributed by atoms with Gasteiger partial charge >= 0.3 is 0 Å². The van der Waals surface area contributed by atoms with Crippen molar-refractivity contribution in [3.63, 3.8) is 0 Å². The molecule has 1 unspecified atom stereocenters. The first-order valence-corrected chi connectivity index (χ1v) is 6.16. The number of hydrogen-bond acceptors (Lipinski definition) is 1. The van der Waals surface area contributed by atoms with Gasteiger partial charge in [-0.2, -0.15) is 0 Å². The molecular formula is C10H19BrO. The van der Waals surface area contributed by atoms with Crippen LogP contribution in [0.4, 0.5) is 0 Å². The van der Waals surface area contributed by atoms with Gasteiger partial charge in [0.25, 0.3) is 0 Å². The van der Waals surface area contributed by atoms with E-state index in [-0.39, 0.29) is 0 Å². The second-order valence-electron chi connectivity index (χ2n) is 3.68. The molecule has 0 aromatic rings. The van der Waals surface area contributed by atoms with E-state index in [9.17, 15) is 0 Å². The zero-order valence-corrected chi connectivity index (χ0v) is 9.48. The lowest BCUT2D eigenvalue weighted by molar-refractivity contribution is 0.0913. The summed E-state index contributed by atoms with van der Waals surface area (Å²) in [6.45, 7) is 3.25. The summed E-state index contributed by atoms with van der Waals surface area (Å²) in [6, 6.07) is 0. The highest BCUT2D eigenvalue weighted by atomic mass is 79.9. The van der Waals surface area contributed by atoms with Gasteiger partial charge < -0.3 is 4.74 Å². The Morgan fingerprint density at radius 3 is 2.92 bits per heavy atom. The van der Waals surface area contributed by atoms with Crippen LogP contribution in [0.5, 0.6) is 0 Å². The zero-order valence-electron chi connectivity index (χ0n) is 7.89. The molecule has 1 heterocycles. The van der Waals surface area contributed by atoms with E-state index in [0.717, 1.165) is 17.9 Å². The van der Waals surface area contributed by atoms with Crippen LogP contribution >= 0.6 is 15.9 Å². The number of rotatable bonds is 5. The first-order chi connectivity index (χ1) is 5.86. The van der Waals surface area contributed by atoms with Gasteiger partial charge in [-0.15, -0.1) is 0 Å². The maximum atomic E-state index is 5.61. The third-order valence-corrected chi connectivity index (χ3v) is 3.45. The van der Waals surface area contributed by atoms with E-state index in [2.05, 4.69) is 22.9 Å². The van der Waals surface area contributed by atoms with Crippen LogP contribution in [0.2, 0.25) is 0 Å². The van der Waals surface area contributed by atoms with Crippen molar-refractivity contribution in [3.8, 4) is 0 Å². The highest BCUT2D eigenvalue weighted by molar-refractivity contribution is 9.09. The largest absolute Gasteiger partial charge is 0.378 e. The highest BCUT2D eigenvalue weighted by Crippen LogP contribution is 2.23. The molecule has 72 valence electrons. The molecule has 1 nitrogen and oxygen atoms in total.